The van der Waals surface area contributed by atoms with Crippen LogP contribution in [0.1, 0.15) is 50.1 Å². The van der Waals surface area contributed by atoms with Gasteiger partial charge in [0.2, 0.25) is 5.91 Å². The normalized spacial score (nSPS) is 33.8. The second kappa shape index (κ2) is 6.45. The minimum atomic E-state index is -0.803. The Morgan fingerprint density at radius 3 is 2.12 bits per heavy atom. The highest BCUT2D eigenvalue weighted by atomic mass is 16.2. The molecule has 25 heavy (non-hydrogen) atoms. The van der Waals surface area contributed by atoms with Crippen molar-refractivity contribution in [2.45, 2.75) is 44.6 Å². The standard InChI is InChI=1S/C20H27N3O2/c21-19(25)23-18(24)17(16-4-2-1-3-5-16)22-12-20-9-13-6-14(10-20)8-15(7-13)11-20/h1-5,13-15,17,22H,6-12H2,(H3,21,23,24,25)/t13?,14?,15?,17-,20?/m1/s1. The number of benzene rings is 1. The molecule has 0 aliphatic heterocycles. The number of rotatable bonds is 5. The van der Waals surface area contributed by atoms with Crippen molar-refractivity contribution in [2.24, 2.45) is 28.9 Å². The second-order valence-corrected chi connectivity index (χ2v) is 8.50. The van der Waals surface area contributed by atoms with Crippen LogP contribution >= 0.6 is 0 Å². The van der Waals surface area contributed by atoms with E-state index in [-0.39, 0.29) is 5.91 Å². The quantitative estimate of drug-likeness (QED) is 0.770. The summed E-state index contributed by atoms with van der Waals surface area (Å²) >= 11 is 0. The average molecular weight is 341 g/mol. The molecule has 5 heteroatoms. The van der Waals surface area contributed by atoms with E-state index < -0.39 is 12.1 Å². The molecule has 134 valence electrons. The minimum absolute atomic E-state index is 0.328. The molecule has 4 N–H and O–H groups in total. The van der Waals surface area contributed by atoms with E-state index in [2.05, 4.69) is 10.6 Å². The van der Waals surface area contributed by atoms with Crippen LogP contribution in [0, 0.1) is 23.2 Å². The molecule has 0 aromatic heterocycles. The highest BCUT2D eigenvalue weighted by molar-refractivity contribution is 5.96. The highest BCUT2D eigenvalue weighted by Gasteiger charge is 2.50. The smallest absolute Gasteiger partial charge is 0.318 e. The number of carbonyl (C=O) groups is 2. The third-order valence-electron chi connectivity index (χ3n) is 6.49. The monoisotopic (exact) mass is 341 g/mol. The maximum absolute atomic E-state index is 12.5. The molecule has 1 aromatic carbocycles. The van der Waals surface area contributed by atoms with Gasteiger partial charge in [-0.2, -0.15) is 0 Å². The number of amides is 3. The van der Waals surface area contributed by atoms with Gasteiger partial charge in [0.25, 0.3) is 0 Å². The fourth-order valence-corrected chi connectivity index (χ4v) is 6.03. The Morgan fingerprint density at radius 1 is 1.04 bits per heavy atom. The Balaban J connectivity index is 1.49. The Hall–Kier alpha value is -1.88. The lowest BCUT2D eigenvalue weighted by Crippen LogP contribution is -2.52. The molecule has 3 amide bonds. The number of nitrogens with two attached hydrogens (primary N) is 1. The van der Waals surface area contributed by atoms with Crippen LogP contribution in [-0.4, -0.2) is 18.5 Å². The van der Waals surface area contributed by atoms with Gasteiger partial charge in [0, 0.05) is 6.54 Å². The number of primary amides is 1. The van der Waals surface area contributed by atoms with Gasteiger partial charge >= 0.3 is 6.03 Å². The van der Waals surface area contributed by atoms with Crippen LogP contribution in [0.15, 0.2) is 30.3 Å². The zero-order valence-corrected chi connectivity index (χ0v) is 14.5. The first-order valence-electron chi connectivity index (χ1n) is 9.42. The Bertz CT molecular complexity index is 623. The molecule has 1 aromatic rings. The predicted octanol–water partition coefficient (Wildman–Crippen LogP) is 2.73. The zero-order chi connectivity index (χ0) is 17.4. The molecule has 4 saturated carbocycles. The number of carbonyl (C=O) groups excluding carboxylic acids is 2. The molecule has 4 aliphatic carbocycles. The van der Waals surface area contributed by atoms with Gasteiger partial charge in [0.15, 0.2) is 0 Å². The molecule has 1 atom stereocenters. The van der Waals surface area contributed by atoms with Crippen molar-refractivity contribution in [3.8, 4) is 0 Å². The first kappa shape index (κ1) is 16.6. The van der Waals surface area contributed by atoms with E-state index >= 15 is 0 Å². The molecular formula is C20H27N3O2. The fraction of sp³-hybridized carbons (Fsp3) is 0.600. The van der Waals surface area contributed by atoms with Gasteiger partial charge in [-0.25, -0.2) is 4.79 Å². The van der Waals surface area contributed by atoms with Crippen molar-refractivity contribution in [2.75, 3.05) is 6.54 Å². The van der Waals surface area contributed by atoms with E-state index in [0.717, 1.165) is 29.9 Å². The van der Waals surface area contributed by atoms with E-state index in [9.17, 15) is 9.59 Å². The van der Waals surface area contributed by atoms with E-state index in [1.54, 1.807) is 0 Å². The first-order chi connectivity index (χ1) is 12.0. The topological polar surface area (TPSA) is 84.2 Å². The second-order valence-electron chi connectivity index (χ2n) is 8.50. The number of urea groups is 1. The van der Waals surface area contributed by atoms with Gasteiger partial charge in [-0.05, 0) is 67.3 Å². The minimum Gasteiger partial charge on any atom is -0.351 e. The van der Waals surface area contributed by atoms with Crippen molar-refractivity contribution >= 4 is 11.9 Å². The largest absolute Gasteiger partial charge is 0.351 e. The summed E-state index contributed by atoms with van der Waals surface area (Å²) in [6, 6.07) is 8.23. The molecule has 5 rings (SSSR count). The lowest BCUT2D eigenvalue weighted by atomic mass is 9.49. The van der Waals surface area contributed by atoms with Crippen LogP contribution in [0.5, 0.6) is 0 Å². The summed E-state index contributed by atoms with van der Waals surface area (Å²) in [5.41, 5.74) is 6.35. The van der Waals surface area contributed by atoms with Crippen LogP contribution in [0.3, 0.4) is 0 Å². The number of nitrogens with one attached hydrogen (secondary N) is 2. The summed E-state index contributed by atoms with van der Waals surface area (Å²) in [7, 11) is 0. The van der Waals surface area contributed by atoms with Crippen LogP contribution in [-0.2, 0) is 4.79 Å². The first-order valence-corrected chi connectivity index (χ1v) is 9.42. The molecule has 4 fully saturated rings. The zero-order valence-electron chi connectivity index (χ0n) is 14.5. The van der Waals surface area contributed by atoms with E-state index in [4.69, 9.17) is 5.73 Å². The average Bonchev–Trinajstić information content (AvgIpc) is 2.54. The van der Waals surface area contributed by atoms with Crippen molar-refractivity contribution in [1.82, 2.24) is 10.6 Å². The summed E-state index contributed by atoms with van der Waals surface area (Å²) < 4.78 is 0. The Labute approximate surface area is 148 Å². The Kier molecular flexibility index (Phi) is 4.28. The van der Waals surface area contributed by atoms with Crippen molar-refractivity contribution in [3.05, 3.63) is 35.9 Å². The van der Waals surface area contributed by atoms with Crippen LogP contribution < -0.4 is 16.4 Å². The predicted molar refractivity (Wildman–Crippen MR) is 95.5 cm³/mol. The number of hydrogen-bond donors (Lipinski definition) is 3. The number of imide groups is 1. The molecule has 4 bridgehead atoms. The molecular weight excluding hydrogens is 314 g/mol. The summed E-state index contributed by atoms with van der Waals surface area (Å²) in [6.45, 7) is 0.836. The maximum Gasteiger partial charge on any atom is 0.318 e. The third-order valence-corrected chi connectivity index (χ3v) is 6.49. The molecule has 4 aliphatic rings. The van der Waals surface area contributed by atoms with Crippen molar-refractivity contribution < 1.29 is 9.59 Å². The molecule has 0 saturated heterocycles. The van der Waals surface area contributed by atoms with Gasteiger partial charge < -0.3 is 11.1 Å². The SMILES string of the molecule is NC(=O)NC(=O)[C@H](NCC12CC3CC(CC(C3)C1)C2)c1ccccc1. The lowest BCUT2D eigenvalue weighted by molar-refractivity contribution is -0.122. The maximum atomic E-state index is 12.5. The van der Waals surface area contributed by atoms with Crippen molar-refractivity contribution in [1.29, 1.82) is 0 Å². The summed E-state index contributed by atoms with van der Waals surface area (Å²) in [4.78, 5) is 23.6. The molecule has 0 unspecified atom stereocenters. The fourth-order valence-electron chi connectivity index (χ4n) is 6.03. The molecule has 5 nitrogen and oxygen atoms in total. The molecule has 0 radical (unpaired) electrons. The van der Waals surface area contributed by atoms with Gasteiger partial charge in [-0.3, -0.25) is 10.1 Å². The van der Waals surface area contributed by atoms with E-state index in [1.807, 2.05) is 30.3 Å². The third kappa shape index (κ3) is 3.43. The highest BCUT2D eigenvalue weighted by Crippen LogP contribution is 2.59. The molecule has 0 spiro atoms. The van der Waals surface area contributed by atoms with Crippen LogP contribution in [0.25, 0.3) is 0 Å². The lowest BCUT2D eigenvalue weighted by Gasteiger charge is -2.57. The van der Waals surface area contributed by atoms with E-state index in [1.165, 1.54) is 38.5 Å². The van der Waals surface area contributed by atoms with Gasteiger partial charge in [0.05, 0.1) is 0 Å². The van der Waals surface area contributed by atoms with Crippen molar-refractivity contribution in [3.63, 3.8) is 0 Å². The summed E-state index contributed by atoms with van der Waals surface area (Å²) in [5, 5.41) is 5.72. The molecule has 0 heterocycles. The van der Waals surface area contributed by atoms with Crippen LogP contribution in [0.4, 0.5) is 4.79 Å². The Morgan fingerprint density at radius 2 is 1.60 bits per heavy atom. The number of hydrogen-bond acceptors (Lipinski definition) is 3. The summed E-state index contributed by atoms with van der Waals surface area (Å²) in [5.74, 6) is 2.26. The van der Waals surface area contributed by atoms with E-state index in [0.29, 0.717) is 5.41 Å². The van der Waals surface area contributed by atoms with Gasteiger partial charge in [-0.15, -0.1) is 0 Å². The van der Waals surface area contributed by atoms with Crippen LogP contribution in [0.2, 0.25) is 0 Å². The van der Waals surface area contributed by atoms with Gasteiger partial charge in [-0.1, -0.05) is 30.3 Å². The summed E-state index contributed by atoms with van der Waals surface area (Å²) in [6.07, 6.45) is 8.07. The van der Waals surface area contributed by atoms with Gasteiger partial charge in [0.1, 0.15) is 6.04 Å².